The highest BCUT2D eigenvalue weighted by molar-refractivity contribution is 5.82. The van der Waals surface area contributed by atoms with Gasteiger partial charge in [-0.3, -0.25) is 9.69 Å². The van der Waals surface area contributed by atoms with Crippen LogP contribution in [0.2, 0.25) is 0 Å². The van der Waals surface area contributed by atoms with Crippen molar-refractivity contribution >= 4 is 5.91 Å². The lowest BCUT2D eigenvalue weighted by Crippen LogP contribution is -2.41. The first-order valence-electron chi connectivity index (χ1n) is 8.78. The second-order valence-electron chi connectivity index (χ2n) is 6.76. The van der Waals surface area contributed by atoms with E-state index in [-0.39, 0.29) is 24.2 Å². The van der Waals surface area contributed by atoms with Gasteiger partial charge in [0.15, 0.2) is 0 Å². The van der Waals surface area contributed by atoms with E-state index in [4.69, 9.17) is 9.47 Å². The molecule has 0 spiro atoms. The van der Waals surface area contributed by atoms with Crippen molar-refractivity contribution in [3.63, 3.8) is 0 Å². The molecular weight excluding hydrogens is 306 g/mol. The minimum Gasteiger partial charge on any atom is -0.474 e. The molecular formula is C18H27N3O3. The Labute approximate surface area is 143 Å². The van der Waals surface area contributed by atoms with Gasteiger partial charge in [-0.25, -0.2) is 4.98 Å². The van der Waals surface area contributed by atoms with Crippen LogP contribution in [-0.2, 0) is 16.1 Å². The van der Waals surface area contributed by atoms with Gasteiger partial charge in [0.2, 0.25) is 11.8 Å². The fourth-order valence-corrected chi connectivity index (χ4v) is 3.56. The summed E-state index contributed by atoms with van der Waals surface area (Å²) in [6, 6.07) is 3.71. The Hall–Kier alpha value is -1.66. The van der Waals surface area contributed by atoms with Crippen molar-refractivity contribution < 1.29 is 14.3 Å². The minimum atomic E-state index is -0.133. The van der Waals surface area contributed by atoms with Gasteiger partial charge in [-0.1, -0.05) is 6.07 Å². The van der Waals surface area contributed by atoms with Crippen LogP contribution in [0.3, 0.4) is 0 Å². The molecule has 2 atom stereocenters. The molecule has 3 rings (SSSR count). The smallest absolute Gasteiger partial charge is 0.237 e. The molecule has 24 heavy (non-hydrogen) atoms. The molecule has 0 aromatic carbocycles. The van der Waals surface area contributed by atoms with Crippen molar-refractivity contribution in [3.05, 3.63) is 23.9 Å². The molecule has 6 heteroatoms. The number of carbonyl (C=O) groups excluding carboxylic acids is 1. The summed E-state index contributed by atoms with van der Waals surface area (Å²) in [6.45, 7) is 1.23. The van der Waals surface area contributed by atoms with Gasteiger partial charge in [0.05, 0.1) is 12.1 Å². The normalized spacial score (nSPS) is 25.1. The molecule has 1 N–H and O–H groups in total. The van der Waals surface area contributed by atoms with Crippen LogP contribution in [-0.4, -0.2) is 54.7 Å². The molecule has 1 aliphatic heterocycles. The Morgan fingerprint density at radius 1 is 1.38 bits per heavy atom. The second-order valence-corrected chi connectivity index (χ2v) is 6.76. The number of carbonyl (C=O) groups is 1. The number of methoxy groups -OCH3 is 1. The van der Waals surface area contributed by atoms with Crippen molar-refractivity contribution in [2.45, 2.75) is 56.9 Å². The van der Waals surface area contributed by atoms with Gasteiger partial charge in [-0.2, -0.15) is 0 Å². The zero-order valence-electron chi connectivity index (χ0n) is 14.5. The Morgan fingerprint density at radius 3 is 2.88 bits per heavy atom. The third-order valence-corrected chi connectivity index (χ3v) is 5.03. The number of pyridine rings is 1. The molecule has 0 unspecified atom stereocenters. The molecule has 1 saturated carbocycles. The molecule has 2 heterocycles. The van der Waals surface area contributed by atoms with Crippen molar-refractivity contribution in [3.8, 4) is 5.88 Å². The molecule has 1 amide bonds. The number of amides is 1. The molecule has 2 aliphatic rings. The van der Waals surface area contributed by atoms with Crippen LogP contribution < -0.4 is 10.1 Å². The molecule has 1 saturated heterocycles. The quantitative estimate of drug-likeness (QED) is 0.859. The summed E-state index contributed by atoms with van der Waals surface area (Å²) in [5, 5.41) is 3.03. The molecule has 132 valence electrons. The average molecular weight is 333 g/mol. The third kappa shape index (κ3) is 4.05. The van der Waals surface area contributed by atoms with Gasteiger partial charge in [0.25, 0.3) is 0 Å². The summed E-state index contributed by atoms with van der Waals surface area (Å²) in [7, 11) is 3.66. The van der Waals surface area contributed by atoms with E-state index in [2.05, 4.69) is 10.3 Å². The first-order chi connectivity index (χ1) is 11.7. The number of hydrogen-bond acceptors (Lipinski definition) is 5. The van der Waals surface area contributed by atoms with E-state index in [0.29, 0.717) is 12.4 Å². The number of hydrogen-bond donors (Lipinski definition) is 1. The van der Waals surface area contributed by atoms with Gasteiger partial charge in [-0.05, 0) is 45.2 Å². The Kier molecular flexibility index (Phi) is 5.68. The zero-order chi connectivity index (χ0) is 16.9. The van der Waals surface area contributed by atoms with Crippen molar-refractivity contribution in [1.82, 2.24) is 15.2 Å². The van der Waals surface area contributed by atoms with Gasteiger partial charge in [0, 0.05) is 32.0 Å². The predicted octanol–water partition coefficient (Wildman–Crippen LogP) is 1.74. The lowest BCUT2D eigenvalue weighted by atomic mass is 10.2. The summed E-state index contributed by atoms with van der Waals surface area (Å²) in [4.78, 5) is 18.9. The summed E-state index contributed by atoms with van der Waals surface area (Å²) >= 11 is 0. The topological polar surface area (TPSA) is 63.7 Å². The molecule has 0 bridgehead atoms. The van der Waals surface area contributed by atoms with Crippen LogP contribution >= 0.6 is 0 Å². The van der Waals surface area contributed by atoms with E-state index in [1.807, 2.05) is 24.1 Å². The fourth-order valence-electron chi connectivity index (χ4n) is 3.56. The SMILES string of the molecule is CO[C@H]1C[C@@H](C(=O)NCc2cccnc2OC2CCCC2)N(C)C1. The maximum atomic E-state index is 12.5. The lowest BCUT2D eigenvalue weighted by Gasteiger charge is -2.19. The fraction of sp³-hybridized carbons (Fsp3) is 0.667. The molecule has 0 radical (unpaired) electrons. The maximum Gasteiger partial charge on any atom is 0.237 e. The van der Waals surface area contributed by atoms with Crippen LogP contribution in [0.15, 0.2) is 18.3 Å². The van der Waals surface area contributed by atoms with Crippen LogP contribution in [0.4, 0.5) is 0 Å². The van der Waals surface area contributed by atoms with Gasteiger partial charge < -0.3 is 14.8 Å². The monoisotopic (exact) mass is 333 g/mol. The first-order valence-corrected chi connectivity index (χ1v) is 8.78. The number of nitrogens with zero attached hydrogens (tertiary/aromatic N) is 2. The van der Waals surface area contributed by atoms with Crippen molar-refractivity contribution in [1.29, 1.82) is 0 Å². The van der Waals surface area contributed by atoms with Crippen molar-refractivity contribution in [2.24, 2.45) is 0 Å². The molecule has 1 aliphatic carbocycles. The lowest BCUT2D eigenvalue weighted by molar-refractivity contribution is -0.125. The maximum absolute atomic E-state index is 12.5. The van der Waals surface area contributed by atoms with Gasteiger partial charge in [-0.15, -0.1) is 0 Å². The Morgan fingerprint density at radius 2 is 2.17 bits per heavy atom. The van der Waals surface area contributed by atoms with Crippen molar-refractivity contribution in [2.75, 3.05) is 20.7 Å². The van der Waals surface area contributed by atoms with E-state index in [0.717, 1.165) is 31.4 Å². The van der Waals surface area contributed by atoms with E-state index in [9.17, 15) is 4.79 Å². The molecule has 1 aromatic rings. The molecule has 2 fully saturated rings. The predicted molar refractivity (Wildman–Crippen MR) is 90.8 cm³/mol. The molecule has 1 aromatic heterocycles. The number of ether oxygens (including phenoxy) is 2. The minimum absolute atomic E-state index is 0.0349. The summed E-state index contributed by atoms with van der Waals surface area (Å²) in [5.41, 5.74) is 0.932. The summed E-state index contributed by atoms with van der Waals surface area (Å²) in [5.74, 6) is 0.687. The zero-order valence-corrected chi connectivity index (χ0v) is 14.5. The Bertz CT molecular complexity index is 560. The first kappa shape index (κ1) is 17.2. The number of likely N-dealkylation sites (tertiary alicyclic amines) is 1. The number of rotatable bonds is 6. The van der Waals surface area contributed by atoms with Crippen LogP contribution in [0.1, 0.15) is 37.7 Å². The van der Waals surface area contributed by atoms with Crippen LogP contribution in [0, 0.1) is 0 Å². The average Bonchev–Trinajstić information content (AvgIpc) is 3.23. The highest BCUT2D eigenvalue weighted by Crippen LogP contribution is 2.25. The number of aromatic nitrogens is 1. The van der Waals surface area contributed by atoms with E-state index in [1.165, 1.54) is 12.8 Å². The number of nitrogens with one attached hydrogen (secondary N) is 1. The largest absolute Gasteiger partial charge is 0.474 e. The number of likely N-dealkylation sites (N-methyl/N-ethyl adjacent to an activating group) is 1. The van der Waals surface area contributed by atoms with E-state index in [1.54, 1.807) is 13.3 Å². The third-order valence-electron chi connectivity index (χ3n) is 5.03. The van der Waals surface area contributed by atoms with Gasteiger partial charge >= 0.3 is 0 Å². The highest BCUT2D eigenvalue weighted by Gasteiger charge is 2.34. The summed E-state index contributed by atoms with van der Waals surface area (Å²) in [6.07, 6.45) is 7.49. The van der Waals surface area contributed by atoms with E-state index >= 15 is 0 Å². The summed E-state index contributed by atoms with van der Waals surface area (Å²) < 4.78 is 11.4. The molecule has 6 nitrogen and oxygen atoms in total. The van der Waals surface area contributed by atoms with Crippen LogP contribution in [0.25, 0.3) is 0 Å². The standard InChI is InChI=1S/C18H27N3O3/c1-21-12-15(23-2)10-16(21)17(22)20-11-13-6-5-9-19-18(13)24-14-7-3-4-8-14/h5-6,9,14-16H,3-4,7-8,10-12H2,1-2H3,(H,20,22)/t15-,16-/m0/s1. The highest BCUT2D eigenvalue weighted by atomic mass is 16.5. The van der Waals surface area contributed by atoms with Crippen LogP contribution in [0.5, 0.6) is 5.88 Å². The second kappa shape index (κ2) is 7.94. The van der Waals surface area contributed by atoms with Gasteiger partial charge in [0.1, 0.15) is 6.10 Å². The Balaban J connectivity index is 1.57. The van der Waals surface area contributed by atoms with E-state index < -0.39 is 0 Å².